The quantitative estimate of drug-likeness (QED) is 0.809. The molecule has 0 N–H and O–H groups in total. The second-order valence-corrected chi connectivity index (χ2v) is 5.47. The minimum Gasteiger partial charge on any atom is -0.422 e. The standard InChI is InChI=1S/C16H19FN2O4/c1-5-19(4)9-11-6-10-7-12(17)14(23-16(21)18(2)3)8-13(10)22-15(11)20/h6-8H,5,9H2,1-4H3. The Morgan fingerprint density at radius 2 is 1.96 bits per heavy atom. The van der Waals surface area contributed by atoms with Gasteiger partial charge in [-0.1, -0.05) is 6.92 Å². The van der Waals surface area contributed by atoms with Crippen molar-refractivity contribution in [2.75, 3.05) is 27.7 Å². The fraction of sp³-hybridized carbons (Fsp3) is 0.375. The zero-order valence-electron chi connectivity index (χ0n) is 13.6. The molecule has 1 aromatic carbocycles. The molecule has 124 valence electrons. The third-order valence-corrected chi connectivity index (χ3v) is 3.40. The number of hydrogen-bond acceptors (Lipinski definition) is 5. The van der Waals surface area contributed by atoms with Gasteiger partial charge in [-0.2, -0.15) is 0 Å². The Kier molecular flexibility index (Phi) is 5.00. The molecular formula is C16H19FN2O4. The molecule has 6 nitrogen and oxygen atoms in total. The smallest absolute Gasteiger partial charge is 0.414 e. The summed E-state index contributed by atoms with van der Waals surface area (Å²) in [5.74, 6) is -0.978. The normalized spacial score (nSPS) is 11.0. The summed E-state index contributed by atoms with van der Waals surface area (Å²) in [6.07, 6.45) is -0.716. The molecule has 23 heavy (non-hydrogen) atoms. The molecule has 0 fully saturated rings. The molecule has 1 amide bonds. The number of halogens is 1. The van der Waals surface area contributed by atoms with Crippen LogP contribution in [0.25, 0.3) is 11.0 Å². The molecule has 2 aromatic rings. The average molecular weight is 322 g/mol. The zero-order valence-corrected chi connectivity index (χ0v) is 13.6. The van der Waals surface area contributed by atoms with Crippen molar-refractivity contribution in [2.24, 2.45) is 0 Å². The Labute approximate surface area is 133 Å². The zero-order chi connectivity index (χ0) is 17.1. The summed E-state index contributed by atoms with van der Waals surface area (Å²) in [4.78, 5) is 26.6. The maximum Gasteiger partial charge on any atom is 0.414 e. The van der Waals surface area contributed by atoms with E-state index in [0.29, 0.717) is 17.5 Å². The first-order chi connectivity index (χ1) is 10.8. The van der Waals surface area contributed by atoms with E-state index in [0.717, 1.165) is 6.54 Å². The van der Waals surface area contributed by atoms with Gasteiger partial charge in [0.25, 0.3) is 0 Å². The van der Waals surface area contributed by atoms with Crippen molar-refractivity contribution in [1.82, 2.24) is 9.80 Å². The second-order valence-electron chi connectivity index (χ2n) is 5.47. The second kappa shape index (κ2) is 6.78. The molecule has 0 atom stereocenters. The fourth-order valence-electron chi connectivity index (χ4n) is 1.94. The van der Waals surface area contributed by atoms with E-state index in [1.54, 1.807) is 6.07 Å². The highest BCUT2D eigenvalue weighted by Crippen LogP contribution is 2.25. The summed E-state index contributed by atoms with van der Waals surface area (Å²) < 4.78 is 24.2. The number of hydrogen-bond donors (Lipinski definition) is 0. The lowest BCUT2D eigenvalue weighted by atomic mass is 10.1. The van der Waals surface area contributed by atoms with E-state index in [2.05, 4.69) is 0 Å². The van der Waals surface area contributed by atoms with Gasteiger partial charge >= 0.3 is 11.7 Å². The Morgan fingerprint density at radius 1 is 1.26 bits per heavy atom. The van der Waals surface area contributed by atoms with E-state index < -0.39 is 17.5 Å². The SMILES string of the molecule is CCN(C)Cc1cc2cc(F)c(OC(=O)N(C)C)cc2oc1=O. The van der Waals surface area contributed by atoms with Crippen LogP contribution < -0.4 is 10.4 Å². The van der Waals surface area contributed by atoms with Crippen LogP contribution in [-0.4, -0.2) is 43.6 Å². The number of carbonyl (C=O) groups excluding carboxylic acids is 1. The molecule has 0 bridgehead atoms. The highest BCUT2D eigenvalue weighted by molar-refractivity contribution is 5.80. The van der Waals surface area contributed by atoms with E-state index in [-0.39, 0.29) is 11.3 Å². The Morgan fingerprint density at radius 3 is 2.57 bits per heavy atom. The van der Waals surface area contributed by atoms with Gasteiger partial charge in [-0.3, -0.25) is 0 Å². The van der Waals surface area contributed by atoms with Crippen LogP contribution in [0, 0.1) is 5.82 Å². The molecule has 2 rings (SSSR count). The highest BCUT2D eigenvalue weighted by Gasteiger charge is 2.15. The van der Waals surface area contributed by atoms with Gasteiger partial charge in [0.05, 0.1) is 5.56 Å². The van der Waals surface area contributed by atoms with Gasteiger partial charge in [-0.05, 0) is 25.7 Å². The monoisotopic (exact) mass is 322 g/mol. The Balaban J connectivity index is 2.43. The molecule has 0 aliphatic carbocycles. The lowest BCUT2D eigenvalue weighted by Crippen LogP contribution is -2.25. The van der Waals surface area contributed by atoms with E-state index in [1.807, 2.05) is 18.9 Å². The Hall–Kier alpha value is -2.41. The third kappa shape index (κ3) is 3.87. The maximum atomic E-state index is 14.1. The molecule has 1 heterocycles. The summed E-state index contributed by atoms with van der Waals surface area (Å²) in [5.41, 5.74) is 0.120. The van der Waals surface area contributed by atoms with Crippen LogP contribution >= 0.6 is 0 Å². The average Bonchev–Trinajstić information content (AvgIpc) is 2.49. The van der Waals surface area contributed by atoms with Crippen molar-refractivity contribution in [3.8, 4) is 5.75 Å². The minimum atomic E-state index is -0.716. The number of rotatable bonds is 4. The number of nitrogens with zero attached hydrogens (tertiary/aromatic N) is 2. The lowest BCUT2D eigenvalue weighted by Gasteiger charge is -2.14. The Bertz CT molecular complexity index is 785. The third-order valence-electron chi connectivity index (χ3n) is 3.40. The fourth-order valence-corrected chi connectivity index (χ4v) is 1.94. The van der Waals surface area contributed by atoms with Crippen LogP contribution in [0.15, 0.2) is 27.4 Å². The molecule has 0 spiro atoms. The van der Waals surface area contributed by atoms with Crippen molar-refractivity contribution in [1.29, 1.82) is 0 Å². The topological polar surface area (TPSA) is 63.0 Å². The predicted octanol–water partition coefficient (Wildman–Crippen LogP) is 2.44. The number of carbonyl (C=O) groups is 1. The molecule has 1 aromatic heterocycles. The number of amides is 1. The summed E-state index contributed by atoms with van der Waals surface area (Å²) in [6, 6.07) is 3.99. The molecular weight excluding hydrogens is 303 g/mol. The van der Waals surface area contributed by atoms with E-state index in [9.17, 15) is 14.0 Å². The van der Waals surface area contributed by atoms with Gasteiger partial charge in [0.2, 0.25) is 0 Å². The molecule has 7 heteroatoms. The van der Waals surface area contributed by atoms with Gasteiger partial charge in [-0.25, -0.2) is 14.0 Å². The molecule has 0 saturated heterocycles. The molecule has 0 aliphatic heterocycles. The van der Waals surface area contributed by atoms with Gasteiger partial charge in [0.15, 0.2) is 11.6 Å². The largest absolute Gasteiger partial charge is 0.422 e. The van der Waals surface area contributed by atoms with E-state index in [1.165, 1.54) is 31.1 Å². The van der Waals surface area contributed by atoms with Crippen molar-refractivity contribution < 1.29 is 18.3 Å². The predicted molar refractivity (Wildman–Crippen MR) is 84.2 cm³/mol. The van der Waals surface area contributed by atoms with Crippen molar-refractivity contribution >= 4 is 17.1 Å². The summed E-state index contributed by atoms with van der Waals surface area (Å²) in [5, 5.41) is 0.436. The summed E-state index contributed by atoms with van der Waals surface area (Å²) in [6.45, 7) is 3.15. The first-order valence-electron chi connectivity index (χ1n) is 7.15. The van der Waals surface area contributed by atoms with Gasteiger partial charge in [0.1, 0.15) is 5.58 Å². The van der Waals surface area contributed by atoms with Crippen LogP contribution in [0.4, 0.5) is 9.18 Å². The van der Waals surface area contributed by atoms with E-state index in [4.69, 9.17) is 9.15 Å². The summed E-state index contributed by atoms with van der Waals surface area (Å²) >= 11 is 0. The van der Waals surface area contributed by atoms with Gasteiger partial charge in [0, 0.05) is 32.1 Å². The van der Waals surface area contributed by atoms with Crippen molar-refractivity contribution in [3.63, 3.8) is 0 Å². The van der Waals surface area contributed by atoms with Gasteiger partial charge in [-0.15, -0.1) is 0 Å². The lowest BCUT2D eigenvalue weighted by molar-refractivity contribution is 0.170. The van der Waals surface area contributed by atoms with Crippen LogP contribution in [0.3, 0.4) is 0 Å². The van der Waals surface area contributed by atoms with Crippen LogP contribution in [0.2, 0.25) is 0 Å². The number of ether oxygens (including phenoxy) is 1. The molecule has 0 aliphatic rings. The maximum absolute atomic E-state index is 14.1. The molecule has 0 radical (unpaired) electrons. The van der Waals surface area contributed by atoms with E-state index >= 15 is 0 Å². The first kappa shape index (κ1) is 17.0. The van der Waals surface area contributed by atoms with Crippen molar-refractivity contribution in [2.45, 2.75) is 13.5 Å². The minimum absolute atomic E-state index is 0.167. The first-order valence-corrected chi connectivity index (χ1v) is 7.15. The van der Waals surface area contributed by atoms with Gasteiger partial charge < -0.3 is 19.0 Å². The van der Waals surface area contributed by atoms with Crippen LogP contribution in [0.1, 0.15) is 12.5 Å². The highest BCUT2D eigenvalue weighted by atomic mass is 19.1. The number of fused-ring (bicyclic) bond motifs is 1. The molecule has 0 unspecified atom stereocenters. The van der Waals surface area contributed by atoms with Crippen LogP contribution in [0.5, 0.6) is 5.75 Å². The number of benzene rings is 1. The van der Waals surface area contributed by atoms with Crippen LogP contribution in [-0.2, 0) is 6.54 Å². The van der Waals surface area contributed by atoms with Crippen molar-refractivity contribution in [3.05, 3.63) is 40.0 Å². The molecule has 0 saturated carbocycles. The summed E-state index contributed by atoms with van der Waals surface area (Å²) in [7, 11) is 4.84.